The van der Waals surface area contributed by atoms with Gasteiger partial charge in [0.2, 0.25) is 0 Å². The van der Waals surface area contributed by atoms with E-state index in [0.717, 1.165) is 16.9 Å². The molecule has 5 heteroatoms. The van der Waals surface area contributed by atoms with Gasteiger partial charge in [-0.25, -0.2) is 9.48 Å². The first-order chi connectivity index (χ1) is 9.47. The molecular weight excluding hydrogens is 276 g/mol. The van der Waals surface area contributed by atoms with Gasteiger partial charge in [0.1, 0.15) is 0 Å². The zero-order valence-corrected chi connectivity index (χ0v) is 12.7. The van der Waals surface area contributed by atoms with Gasteiger partial charge in [-0.3, -0.25) is 0 Å². The molecule has 0 aliphatic heterocycles. The van der Waals surface area contributed by atoms with Crippen molar-refractivity contribution in [2.45, 2.75) is 26.7 Å². The summed E-state index contributed by atoms with van der Waals surface area (Å²) in [5, 5.41) is 4.70. The number of para-hydroxylation sites is 1. The van der Waals surface area contributed by atoms with Gasteiger partial charge in [0, 0.05) is 0 Å². The molecule has 0 unspecified atom stereocenters. The number of halogens is 1. The zero-order valence-electron chi connectivity index (χ0n) is 12.0. The molecule has 0 fully saturated rings. The van der Waals surface area contributed by atoms with Gasteiger partial charge in [0.05, 0.1) is 23.5 Å². The molecule has 0 amide bonds. The molecule has 106 valence electrons. The summed E-state index contributed by atoms with van der Waals surface area (Å²) in [6, 6.07) is 7.83. The summed E-state index contributed by atoms with van der Waals surface area (Å²) in [7, 11) is 1.32. The first-order valence-corrected chi connectivity index (χ1v) is 6.77. The number of nitrogens with zero attached hydrogens (tertiary/aromatic N) is 2. The zero-order chi connectivity index (χ0) is 14.9. The smallest absolute Gasteiger partial charge is 0.360 e. The van der Waals surface area contributed by atoms with Gasteiger partial charge in [-0.1, -0.05) is 43.6 Å². The van der Waals surface area contributed by atoms with E-state index >= 15 is 0 Å². The topological polar surface area (TPSA) is 44.1 Å². The van der Waals surface area contributed by atoms with Crippen LogP contribution in [0.5, 0.6) is 0 Å². The number of benzene rings is 1. The first kappa shape index (κ1) is 14.6. The van der Waals surface area contributed by atoms with E-state index in [-0.39, 0.29) is 11.6 Å². The summed E-state index contributed by atoms with van der Waals surface area (Å²) in [5.74, 6) is -0.391. The number of aromatic nitrogens is 2. The molecule has 0 saturated carbocycles. The minimum atomic E-state index is -0.524. The molecule has 2 rings (SSSR count). The maximum Gasteiger partial charge on any atom is 0.360 e. The summed E-state index contributed by atoms with van der Waals surface area (Å²) >= 11 is 6.32. The van der Waals surface area contributed by atoms with E-state index < -0.39 is 5.97 Å². The van der Waals surface area contributed by atoms with Crippen LogP contribution in [0.25, 0.3) is 5.69 Å². The second-order valence-electron chi connectivity index (χ2n) is 4.89. The number of rotatable bonds is 3. The monoisotopic (exact) mass is 292 g/mol. The number of esters is 1. The molecule has 4 nitrogen and oxygen atoms in total. The Labute approximate surface area is 123 Å². The number of hydrogen-bond donors (Lipinski definition) is 0. The van der Waals surface area contributed by atoms with Gasteiger partial charge in [0.15, 0.2) is 5.69 Å². The van der Waals surface area contributed by atoms with Crippen molar-refractivity contribution in [1.82, 2.24) is 9.78 Å². The summed E-state index contributed by atoms with van der Waals surface area (Å²) in [5.41, 5.74) is 2.93. The Balaban J connectivity index is 2.70. The highest BCUT2D eigenvalue weighted by atomic mass is 35.5. The van der Waals surface area contributed by atoms with Crippen molar-refractivity contribution in [3.05, 3.63) is 46.2 Å². The van der Waals surface area contributed by atoms with Gasteiger partial charge in [-0.05, 0) is 24.5 Å². The molecule has 2 aromatic rings. The van der Waals surface area contributed by atoms with Crippen LogP contribution in [0.1, 0.15) is 41.5 Å². The highest BCUT2D eigenvalue weighted by Crippen LogP contribution is 2.31. The van der Waals surface area contributed by atoms with Crippen LogP contribution in [0.2, 0.25) is 5.02 Å². The van der Waals surface area contributed by atoms with Crippen LogP contribution >= 0.6 is 11.6 Å². The second-order valence-corrected chi connectivity index (χ2v) is 5.27. The number of carbonyl (C=O) groups is 1. The molecule has 0 radical (unpaired) electrons. The van der Waals surface area contributed by atoms with Gasteiger partial charge in [-0.2, -0.15) is 5.10 Å². The second kappa shape index (κ2) is 5.67. The Bertz CT molecular complexity index is 647. The molecule has 0 spiro atoms. The minimum absolute atomic E-state index is 0.132. The normalized spacial score (nSPS) is 10.9. The minimum Gasteiger partial charge on any atom is -0.464 e. The Morgan fingerprint density at radius 3 is 2.55 bits per heavy atom. The van der Waals surface area contributed by atoms with Crippen molar-refractivity contribution in [2.24, 2.45) is 0 Å². The lowest BCUT2D eigenvalue weighted by Crippen LogP contribution is -2.07. The highest BCUT2D eigenvalue weighted by molar-refractivity contribution is 6.34. The van der Waals surface area contributed by atoms with E-state index in [1.54, 1.807) is 4.68 Å². The molecule has 0 aliphatic carbocycles. The lowest BCUT2D eigenvalue weighted by Gasteiger charge is -2.12. The van der Waals surface area contributed by atoms with Crippen LogP contribution in [-0.2, 0) is 4.74 Å². The molecule has 0 N–H and O–H groups in total. The number of methoxy groups -OCH3 is 1. The molecule has 20 heavy (non-hydrogen) atoms. The van der Waals surface area contributed by atoms with Crippen LogP contribution in [0, 0.1) is 6.92 Å². The third-order valence-corrected chi connectivity index (χ3v) is 3.50. The van der Waals surface area contributed by atoms with Crippen molar-refractivity contribution in [3.63, 3.8) is 0 Å². The van der Waals surface area contributed by atoms with Crippen molar-refractivity contribution in [1.29, 1.82) is 0 Å². The molecule has 0 atom stereocenters. The largest absolute Gasteiger partial charge is 0.464 e. The van der Waals surface area contributed by atoms with Crippen molar-refractivity contribution in [2.75, 3.05) is 7.11 Å². The molecular formula is C15H17ClN2O2. The first-order valence-electron chi connectivity index (χ1n) is 6.40. The lowest BCUT2D eigenvalue weighted by molar-refractivity contribution is 0.0593. The maximum absolute atomic E-state index is 11.8. The van der Waals surface area contributed by atoms with Gasteiger partial charge in [-0.15, -0.1) is 0 Å². The van der Waals surface area contributed by atoms with Gasteiger partial charge < -0.3 is 4.74 Å². The van der Waals surface area contributed by atoms with Crippen molar-refractivity contribution >= 4 is 17.6 Å². The van der Waals surface area contributed by atoms with Gasteiger partial charge >= 0.3 is 5.97 Å². The number of carbonyl (C=O) groups excluding carboxylic acids is 1. The van der Waals surface area contributed by atoms with E-state index in [1.807, 2.05) is 45.0 Å². The molecule has 0 bridgehead atoms. The molecule has 1 aromatic heterocycles. The Morgan fingerprint density at radius 1 is 1.35 bits per heavy atom. The number of hydrogen-bond acceptors (Lipinski definition) is 3. The summed E-state index contributed by atoms with van der Waals surface area (Å²) in [6.45, 7) is 6.02. The lowest BCUT2D eigenvalue weighted by atomic mass is 10.1. The average Bonchev–Trinajstić information content (AvgIpc) is 2.76. The van der Waals surface area contributed by atoms with Crippen molar-refractivity contribution in [3.8, 4) is 5.69 Å². The van der Waals surface area contributed by atoms with E-state index in [4.69, 9.17) is 16.3 Å². The van der Waals surface area contributed by atoms with Crippen molar-refractivity contribution < 1.29 is 9.53 Å². The molecule has 1 aromatic carbocycles. The Hall–Kier alpha value is -1.81. The molecule has 1 heterocycles. The van der Waals surface area contributed by atoms with Crippen LogP contribution in [-0.4, -0.2) is 22.9 Å². The van der Waals surface area contributed by atoms with Crippen LogP contribution in [0.15, 0.2) is 24.3 Å². The fourth-order valence-corrected chi connectivity index (χ4v) is 2.54. The van der Waals surface area contributed by atoms with E-state index in [1.165, 1.54) is 7.11 Å². The predicted octanol–water partition coefficient (Wildman–Crippen LogP) is 3.74. The van der Waals surface area contributed by atoms with E-state index in [0.29, 0.717) is 5.02 Å². The number of aryl methyl sites for hydroxylation is 1. The summed E-state index contributed by atoms with van der Waals surface area (Å²) in [6.07, 6.45) is 0. The molecule has 0 saturated heterocycles. The number of ether oxygens (including phenoxy) is 1. The summed E-state index contributed by atoms with van der Waals surface area (Å²) in [4.78, 5) is 11.8. The van der Waals surface area contributed by atoms with Gasteiger partial charge in [0.25, 0.3) is 0 Å². The average molecular weight is 293 g/mol. The van der Waals surface area contributed by atoms with E-state index in [9.17, 15) is 4.79 Å². The van der Waals surface area contributed by atoms with Crippen LogP contribution < -0.4 is 0 Å². The van der Waals surface area contributed by atoms with E-state index in [2.05, 4.69) is 5.10 Å². The fraction of sp³-hybridized carbons (Fsp3) is 0.333. The van der Waals surface area contributed by atoms with Crippen LogP contribution in [0.3, 0.4) is 0 Å². The third kappa shape index (κ3) is 2.43. The third-order valence-electron chi connectivity index (χ3n) is 3.13. The summed E-state index contributed by atoms with van der Waals surface area (Å²) < 4.78 is 6.46. The SMILES string of the molecule is COC(=O)c1nn(-c2ccccc2C)c(C(C)C)c1Cl. The standard InChI is InChI=1S/C15H17ClN2O2/c1-9(2)14-12(16)13(15(19)20-4)17-18(14)11-8-6-5-7-10(11)3/h5-9H,1-4H3. The highest BCUT2D eigenvalue weighted by Gasteiger charge is 2.25. The Morgan fingerprint density at radius 2 is 2.00 bits per heavy atom. The maximum atomic E-state index is 11.8. The quantitative estimate of drug-likeness (QED) is 0.809. The van der Waals surface area contributed by atoms with Crippen LogP contribution in [0.4, 0.5) is 0 Å². The Kier molecular flexibility index (Phi) is 4.14. The predicted molar refractivity (Wildman–Crippen MR) is 78.7 cm³/mol. The molecule has 0 aliphatic rings. The fourth-order valence-electron chi connectivity index (χ4n) is 2.12.